The number of rotatable bonds is 2. The largest absolute Gasteiger partial charge is 0.427 e. The van der Waals surface area contributed by atoms with Gasteiger partial charge < -0.3 is 19.4 Å². The van der Waals surface area contributed by atoms with Gasteiger partial charge in [-0.3, -0.25) is 19.2 Å². The minimum Gasteiger partial charge on any atom is -0.427 e. The summed E-state index contributed by atoms with van der Waals surface area (Å²) < 4.78 is 10.1. The van der Waals surface area contributed by atoms with E-state index in [9.17, 15) is 19.2 Å². The van der Waals surface area contributed by atoms with Crippen LogP contribution in [0.4, 0.5) is 0 Å². The molecule has 8 heteroatoms. The summed E-state index contributed by atoms with van der Waals surface area (Å²) in [7, 11) is 0. The highest BCUT2D eigenvalue weighted by molar-refractivity contribution is 6.21. The van der Waals surface area contributed by atoms with Gasteiger partial charge in [-0.15, -0.1) is 0 Å². The van der Waals surface area contributed by atoms with Crippen molar-refractivity contribution >= 4 is 44.5 Å². The minimum atomic E-state index is -0.539. The molecule has 130 valence electrons. The normalized spacial score (nSPS) is 11.3. The predicted octanol–water partition coefficient (Wildman–Crippen LogP) is 1.81. The Kier molecular flexibility index (Phi) is 3.30. The highest BCUT2D eigenvalue weighted by atomic mass is 16.5. The third-order valence-corrected chi connectivity index (χ3v) is 3.98. The van der Waals surface area contributed by atoms with Crippen molar-refractivity contribution < 1.29 is 19.1 Å². The molecule has 0 amide bonds. The Labute approximate surface area is 144 Å². The van der Waals surface area contributed by atoms with E-state index < -0.39 is 23.1 Å². The van der Waals surface area contributed by atoms with Crippen LogP contribution in [0.1, 0.15) is 13.8 Å². The van der Waals surface area contributed by atoms with E-state index in [0.29, 0.717) is 21.8 Å². The molecule has 4 aromatic rings. The summed E-state index contributed by atoms with van der Waals surface area (Å²) in [5, 5.41) is 1.60. The van der Waals surface area contributed by atoms with Crippen molar-refractivity contribution in [2.45, 2.75) is 13.8 Å². The lowest BCUT2D eigenvalue weighted by Crippen LogP contribution is -2.14. The molecule has 0 radical (unpaired) electrons. The lowest BCUT2D eigenvalue weighted by Gasteiger charge is -2.12. The van der Waals surface area contributed by atoms with Gasteiger partial charge >= 0.3 is 11.9 Å². The van der Waals surface area contributed by atoms with E-state index in [2.05, 4.69) is 9.97 Å². The van der Waals surface area contributed by atoms with E-state index in [4.69, 9.17) is 9.47 Å². The second-order valence-electron chi connectivity index (χ2n) is 5.88. The molecule has 0 spiro atoms. The summed E-state index contributed by atoms with van der Waals surface area (Å²) in [4.78, 5) is 52.8. The SMILES string of the molecule is CC(=O)Oc1cc2[nH]c(=O)c3cc(OC(C)=O)cc4[nH]c(=O)c(c1)c2c43. The molecule has 0 atom stereocenters. The van der Waals surface area contributed by atoms with Crippen LogP contribution in [0, 0.1) is 0 Å². The number of pyridine rings is 2. The molecule has 0 fully saturated rings. The van der Waals surface area contributed by atoms with E-state index in [1.807, 2.05) is 0 Å². The number of aromatic amines is 2. The maximum absolute atomic E-state index is 12.5. The van der Waals surface area contributed by atoms with Crippen molar-refractivity contribution in [2.24, 2.45) is 0 Å². The van der Waals surface area contributed by atoms with E-state index in [-0.39, 0.29) is 22.3 Å². The van der Waals surface area contributed by atoms with Crippen molar-refractivity contribution in [1.82, 2.24) is 9.97 Å². The van der Waals surface area contributed by atoms with Gasteiger partial charge in [0.25, 0.3) is 11.1 Å². The Morgan fingerprint density at radius 2 is 1.12 bits per heavy atom. The fourth-order valence-electron chi connectivity index (χ4n) is 3.15. The molecule has 8 nitrogen and oxygen atoms in total. The first kappa shape index (κ1) is 15.8. The first-order chi connectivity index (χ1) is 12.3. The Balaban J connectivity index is 2.16. The van der Waals surface area contributed by atoms with Crippen molar-refractivity contribution in [3.63, 3.8) is 0 Å². The van der Waals surface area contributed by atoms with Crippen LogP contribution < -0.4 is 20.6 Å². The quantitative estimate of drug-likeness (QED) is 0.323. The first-order valence-corrected chi connectivity index (χ1v) is 7.69. The number of aromatic nitrogens is 2. The number of carbonyl (C=O) groups excluding carboxylic acids is 2. The highest BCUT2D eigenvalue weighted by Crippen LogP contribution is 2.33. The van der Waals surface area contributed by atoms with Crippen LogP contribution in [0.25, 0.3) is 32.6 Å². The second-order valence-corrected chi connectivity index (χ2v) is 5.88. The number of carbonyl (C=O) groups is 2. The summed E-state index contributed by atoms with van der Waals surface area (Å²) in [6.45, 7) is 2.49. The van der Waals surface area contributed by atoms with Gasteiger partial charge in [0.2, 0.25) is 0 Å². The summed E-state index contributed by atoms with van der Waals surface area (Å²) in [6, 6.07) is 5.87. The van der Waals surface area contributed by atoms with Gasteiger partial charge in [0.05, 0.1) is 21.8 Å². The number of ether oxygens (including phenoxy) is 2. The zero-order valence-electron chi connectivity index (χ0n) is 13.8. The van der Waals surface area contributed by atoms with Crippen molar-refractivity contribution in [1.29, 1.82) is 0 Å². The van der Waals surface area contributed by atoms with Gasteiger partial charge in [-0.05, 0) is 12.1 Å². The van der Waals surface area contributed by atoms with E-state index in [1.165, 1.54) is 38.1 Å². The molecular weight excluding hydrogens is 340 g/mol. The number of hydrogen-bond acceptors (Lipinski definition) is 6. The summed E-state index contributed by atoms with van der Waals surface area (Å²) in [5.74, 6) is -0.763. The number of hydrogen-bond donors (Lipinski definition) is 2. The molecule has 0 saturated carbocycles. The zero-order chi connectivity index (χ0) is 18.6. The molecule has 0 aliphatic rings. The third kappa shape index (κ3) is 2.39. The Morgan fingerprint density at radius 1 is 0.731 bits per heavy atom. The number of esters is 2. The van der Waals surface area contributed by atoms with Crippen LogP contribution in [-0.4, -0.2) is 21.9 Å². The van der Waals surface area contributed by atoms with Gasteiger partial charge in [-0.1, -0.05) is 0 Å². The lowest BCUT2D eigenvalue weighted by molar-refractivity contribution is -0.132. The van der Waals surface area contributed by atoms with Gasteiger partial charge in [-0.25, -0.2) is 0 Å². The average Bonchev–Trinajstić information content (AvgIpc) is 2.52. The van der Waals surface area contributed by atoms with Gasteiger partial charge in [0.15, 0.2) is 0 Å². The Morgan fingerprint density at radius 3 is 1.46 bits per heavy atom. The fraction of sp³-hybridized carbons (Fsp3) is 0.111. The van der Waals surface area contributed by atoms with Gasteiger partial charge in [0, 0.05) is 36.8 Å². The lowest BCUT2D eigenvalue weighted by atomic mass is 10.0. The molecule has 26 heavy (non-hydrogen) atoms. The molecule has 2 heterocycles. The molecule has 0 aliphatic heterocycles. The van der Waals surface area contributed by atoms with Crippen LogP contribution in [0.2, 0.25) is 0 Å². The molecule has 2 aromatic heterocycles. The predicted molar refractivity (Wildman–Crippen MR) is 94.0 cm³/mol. The van der Waals surface area contributed by atoms with Crippen LogP contribution in [0.5, 0.6) is 11.5 Å². The molecule has 0 saturated heterocycles. The number of H-pyrrole nitrogens is 2. The molecule has 4 rings (SSSR count). The highest BCUT2D eigenvalue weighted by Gasteiger charge is 2.17. The molecular formula is C18H12N2O6. The molecule has 0 unspecified atom stereocenters. The Bertz CT molecular complexity index is 1230. The Hall–Kier alpha value is -3.68. The van der Waals surface area contributed by atoms with Crippen molar-refractivity contribution in [3.05, 3.63) is 45.0 Å². The number of benzene rings is 2. The summed E-state index contributed by atoms with van der Waals surface area (Å²) in [6.07, 6.45) is 0. The summed E-state index contributed by atoms with van der Waals surface area (Å²) >= 11 is 0. The molecule has 2 aromatic carbocycles. The first-order valence-electron chi connectivity index (χ1n) is 7.69. The van der Waals surface area contributed by atoms with Crippen LogP contribution >= 0.6 is 0 Å². The zero-order valence-corrected chi connectivity index (χ0v) is 13.8. The summed E-state index contributed by atoms with van der Waals surface area (Å²) in [5.41, 5.74) is -0.116. The minimum absolute atomic E-state index is 0.158. The van der Waals surface area contributed by atoms with Crippen LogP contribution in [-0.2, 0) is 9.59 Å². The van der Waals surface area contributed by atoms with E-state index >= 15 is 0 Å². The third-order valence-electron chi connectivity index (χ3n) is 3.98. The fourth-order valence-corrected chi connectivity index (χ4v) is 3.15. The maximum Gasteiger partial charge on any atom is 0.308 e. The van der Waals surface area contributed by atoms with E-state index in [0.717, 1.165) is 0 Å². The molecule has 0 bridgehead atoms. The van der Waals surface area contributed by atoms with Crippen LogP contribution in [0.15, 0.2) is 33.9 Å². The molecule has 0 aliphatic carbocycles. The number of nitrogens with one attached hydrogen (secondary N) is 2. The monoisotopic (exact) mass is 352 g/mol. The standard InChI is InChI=1S/C18H12N2O6/c1-7(21)25-9-3-11-15-13(5-9)19-18(24)12-4-10(26-8(2)22)6-14(16(12)15)20-17(11)23/h3-6H,1-2H3,(H,19,24)(H,20,23). The second kappa shape index (κ2) is 5.41. The smallest absolute Gasteiger partial charge is 0.308 e. The van der Waals surface area contributed by atoms with Crippen molar-refractivity contribution in [2.75, 3.05) is 0 Å². The van der Waals surface area contributed by atoms with Crippen molar-refractivity contribution in [3.8, 4) is 11.5 Å². The van der Waals surface area contributed by atoms with Crippen LogP contribution in [0.3, 0.4) is 0 Å². The van der Waals surface area contributed by atoms with E-state index in [1.54, 1.807) is 0 Å². The average molecular weight is 352 g/mol. The molecule has 2 N–H and O–H groups in total. The maximum atomic E-state index is 12.5. The van der Waals surface area contributed by atoms with Gasteiger partial charge in [0.1, 0.15) is 11.5 Å². The topological polar surface area (TPSA) is 118 Å². The van der Waals surface area contributed by atoms with Gasteiger partial charge in [-0.2, -0.15) is 0 Å².